The van der Waals surface area contributed by atoms with Crippen molar-refractivity contribution < 1.29 is 8.42 Å². The molecule has 0 aromatic carbocycles. The summed E-state index contributed by atoms with van der Waals surface area (Å²) in [6, 6.07) is 5.35. The molecule has 0 aliphatic carbocycles. The Morgan fingerprint density at radius 2 is 2.33 bits per heavy atom. The Labute approximate surface area is 111 Å². The first-order valence-electron chi connectivity index (χ1n) is 5.42. The van der Waals surface area contributed by atoms with Gasteiger partial charge >= 0.3 is 0 Å². The van der Waals surface area contributed by atoms with Crippen LogP contribution in [0.25, 0.3) is 0 Å². The summed E-state index contributed by atoms with van der Waals surface area (Å²) in [6.07, 6.45) is 2.72. The molecule has 0 radical (unpaired) electrons. The van der Waals surface area contributed by atoms with E-state index in [1.54, 1.807) is 28.8 Å². The van der Waals surface area contributed by atoms with Crippen LogP contribution in [-0.2, 0) is 9.84 Å². The van der Waals surface area contributed by atoms with Gasteiger partial charge in [-0.3, -0.25) is 0 Å². The highest BCUT2D eigenvalue weighted by Crippen LogP contribution is 2.25. The zero-order valence-corrected chi connectivity index (χ0v) is 11.5. The van der Waals surface area contributed by atoms with E-state index in [9.17, 15) is 8.42 Å². The van der Waals surface area contributed by atoms with Gasteiger partial charge in [0.2, 0.25) is 0 Å². The van der Waals surface area contributed by atoms with Gasteiger partial charge in [0.15, 0.2) is 9.84 Å². The lowest BCUT2D eigenvalue weighted by molar-refractivity contribution is 0.583. The van der Waals surface area contributed by atoms with Crippen molar-refractivity contribution in [3.05, 3.63) is 23.9 Å². The number of nitrogens with zero attached hydrogens (tertiary/aromatic N) is 3. The summed E-state index contributed by atoms with van der Waals surface area (Å²) in [6.45, 7) is 0.654. The van der Waals surface area contributed by atoms with Crippen molar-refractivity contribution >= 4 is 27.4 Å². The highest BCUT2D eigenvalue weighted by molar-refractivity contribution is 8.01. The van der Waals surface area contributed by atoms with Gasteiger partial charge in [-0.25, -0.2) is 13.4 Å². The third-order valence-corrected chi connectivity index (χ3v) is 5.39. The molecule has 1 aromatic rings. The van der Waals surface area contributed by atoms with Gasteiger partial charge in [-0.15, -0.1) is 0 Å². The maximum absolute atomic E-state index is 11.8. The Kier molecular flexibility index (Phi) is 3.78. The fourth-order valence-electron chi connectivity index (χ4n) is 1.82. The highest BCUT2D eigenvalue weighted by atomic mass is 32.2. The number of thioether (sulfide) groups is 1. The van der Waals surface area contributed by atoms with E-state index in [-0.39, 0.29) is 0 Å². The molecule has 0 amide bonds. The molecule has 1 unspecified atom stereocenters. The van der Waals surface area contributed by atoms with E-state index in [0.717, 1.165) is 5.75 Å². The Morgan fingerprint density at radius 3 is 2.89 bits per heavy atom. The normalized spacial score (nSPS) is 20.4. The molecule has 1 fully saturated rings. The Balaban J connectivity index is 2.31. The number of anilines is 1. The third-order valence-electron chi connectivity index (χ3n) is 2.75. The summed E-state index contributed by atoms with van der Waals surface area (Å²) in [5, 5.41) is 8.19. The second kappa shape index (κ2) is 5.16. The van der Waals surface area contributed by atoms with Crippen LogP contribution in [0.5, 0.6) is 0 Å². The van der Waals surface area contributed by atoms with Crippen molar-refractivity contribution in [3.63, 3.8) is 0 Å². The number of nitriles is 1. The molecule has 96 valence electrons. The van der Waals surface area contributed by atoms with Crippen LogP contribution in [0.3, 0.4) is 0 Å². The van der Waals surface area contributed by atoms with E-state index < -0.39 is 15.2 Å². The smallest absolute Gasteiger partial charge is 0.169 e. The minimum absolute atomic E-state index is 0.473. The molecular formula is C11H13N3O2S2. The van der Waals surface area contributed by atoms with Gasteiger partial charge in [0.1, 0.15) is 17.3 Å². The first kappa shape index (κ1) is 13.2. The van der Waals surface area contributed by atoms with Crippen molar-refractivity contribution in [2.45, 2.75) is 5.37 Å². The van der Waals surface area contributed by atoms with E-state index in [2.05, 4.69) is 4.98 Å². The summed E-state index contributed by atoms with van der Waals surface area (Å²) >= 11 is 1.64. The molecule has 0 saturated carbocycles. The molecule has 1 aliphatic heterocycles. The lowest BCUT2D eigenvalue weighted by Crippen LogP contribution is -2.47. The van der Waals surface area contributed by atoms with Crippen LogP contribution >= 0.6 is 11.8 Å². The van der Waals surface area contributed by atoms with Crippen LogP contribution in [0.4, 0.5) is 5.82 Å². The molecule has 0 N–H and O–H groups in total. The minimum atomic E-state index is -3.14. The molecule has 1 atom stereocenters. The number of hydrogen-bond acceptors (Lipinski definition) is 6. The SMILES string of the molecule is CS(=O)(=O)C1CSCCN1c1ccc(C#N)cn1. The lowest BCUT2D eigenvalue weighted by Gasteiger charge is -2.34. The van der Waals surface area contributed by atoms with Gasteiger partial charge in [0.25, 0.3) is 0 Å². The van der Waals surface area contributed by atoms with Gasteiger partial charge in [0, 0.05) is 30.5 Å². The topological polar surface area (TPSA) is 74.1 Å². The summed E-state index contributed by atoms with van der Waals surface area (Å²) < 4.78 is 23.5. The number of aromatic nitrogens is 1. The van der Waals surface area contributed by atoms with Crippen LogP contribution in [0.2, 0.25) is 0 Å². The molecule has 0 spiro atoms. The van der Waals surface area contributed by atoms with Crippen molar-refractivity contribution in [2.75, 3.05) is 29.2 Å². The van der Waals surface area contributed by atoms with Gasteiger partial charge in [-0.1, -0.05) is 0 Å². The Morgan fingerprint density at radius 1 is 1.56 bits per heavy atom. The summed E-state index contributed by atoms with van der Waals surface area (Å²) in [7, 11) is -3.14. The van der Waals surface area contributed by atoms with Crippen molar-refractivity contribution in [1.82, 2.24) is 4.98 Å². The number of sulfone groups is 1. The van der Waals surface area contributed by atoms with Crippen LogP contribution < -0.4 is 4.90 Å². The predicted octanol–water partition coefficient (Wildman–Crippen LogP) is 0.877. The molecule has 1 saturated heterocycles. The largest absolute Gasteiger partial charge is 0.338 e. The van der Waals surface area contributed by atoms with E-state index in [4.69, 9.17) is 5.26 Å². The van der Waals surface area contributed by atoms with Crippen LogP contribution in [0.15, 0.2) is 18.3 Å². The van der Waals surface area contributed by atoms with Gasteiger partial charge in [-0.2, -0.15) is 17.0 Å². The van der Waals surface area contributed by atoms with Crippen molar-refractivity contribution in [3.8, 4) is 6.07 Å². The molecule has 1 aromatic heterocycles. The number of pyridine rings is 1. The molecule has 5 nitrogen and oxygen atoms in total. The molecule has 2 rings (SSSR count). The third kappa shape index (κ3) is 2.76. The second-order valence-corrected chi connectivity index (χ2v) is 7.42. The molecule has 18 heavy (non-hydrogen) atoms. The molecule has 7 heteroatoms. The first-order chi connectivity index (χ1) is 8.52. The molecule has 0 bridgehead atoms. The molecule has 1 aliphatic rings. The minimum Gasteiger partial charge on any atom is -0.338 e. The van der Waals surface area contributed by atoms with E-state index in [1.807, 2.05) is 6.07 Å². The van der Waals surface area contributed by atoms with Gasteiger partial charge in [-0.05, 0) is 12.1 Å². The molecule has 2 heterocycles. The summed E-state index contributed by atoms with van der Waals surface area (Å²) in [4.78, 5) is 5.97. The van der Waals surface area contributed by atoms with Crippen LogP contribution in [0.1, 0.15) is 5.56 Å². The van der Waals surface area contributed by atoms with E-state index >= 15 is 0 Å². The maximum atomic E-state index is 11.8. The zero-order chi connectivity index (χ0) is 13.2. The Hall–Kier alpha value is -1.26. The predicted molar refractivity (Wildman–Crippen MR) is 72.3 cm³/mol. The van der Waals surface area contributed by atoms with Crippen molar-refractivity contribution in [2.24, 2.45) is 0 Å². The quantitative estimate of drug-likeness (QED) is 0.802. The highest BCUT2D eigenvalue weighted by Gasteiger charge is 2.31. The standard InChI is InChI=1S/C11H13N3O2S2/c1-18(15,16)11-8-17-5-4-14(11)10-3-2-9(6-12)7-13-10/h2-3,7,11H,4-5,8H2,1H3. The number of hydrogen-bond donors (Lipinski definition) is 0. The zero-order valence-electron chi connectivity index (χ0n) is 9.91. The second-order valence-electron chi connectivity index (χ2n) is 4.07. The fraction of sp³-hybridized carbons (Fsp3) is 0.455. The summed E-state index contributed by atoms with van der Waals surface area (Å²) in [5.74, 6) is 2.05. The lowest BCUT2D eigenvalue weighted by atomic mass is 10.3. The Bertz CT molecular complexity index is 563. The van der Waals surface area contributed by atoms with Crippen LogP contribution in [0, 0.1) is 11.3 Å². The number of rotatable bonds is 2. The maximum Gasteiger partial charge on any atom is 0.169 e. The van der Waals surface area contributed by atoms with Crippen LogP contribution in [-0.4, -0.2) is 43.1 Å². The van der Waals surface area contributed by atoms with E-state index in [0.29, 0.717) is 23.7 Å². The summed E-state index contributed by atoms with van der Waals surface area (Å²) in [5.41, 5.74) is 0.473. The van der Waals surface area contributed by atoms with Gasteiger partial charge in [0.05, 0.1) is 5.56 Å². The van der Waals surface area contributed by atoms with Crippen molar-refractivity contribution in [1.29, 1.82) is 5.26 Å². The average Bonchev–Trinajstić information content (AvgIpc) is 2.38. The van der Waals surface area contributed by atoms with E-state index in [1.165, 1.54) is 12.5 Å². The molecular weight excluding hydrogens is 270 g/mol. The fourth-order valence-corrected chi connectivity index (χ4v) is 4.65. The average molecular weight is 283 g/mol. The first-order valence-corrected chi connectivity index (χ1v) is 8.52. The monoisotopic (exact) mass is 283 g/mol. The van der Waals surface area contributed by atoms with Gasteiger partial charge < -0.3 is 4.90 Å².